The first-order valence-corrected chi connectivity index (χ1v) is 9.98. The molecule has 0 aromatic heterocycles. The predicted octanol–water partition coefficient (Wildman–Crippen LogP) is 6.54. The fourth-order valence-electron chi connectivity index (χ4n) is 3.32. The largest absolute Gasteiger partial charge is 0.330 e. The summed E-state index contributed by atoms with van der Waals surface area (Å²) in [6.07, 6.45) is 30.2. The highest BCUT2D eigenvalue weighted by atomic mass is 14.5. The molecule has 1 aliphatic rings. The normalized spacial score (nSPS) is 14.2. The highest BCUT2D eigenvalue weighted by Crippen LogP contribution is 2.18. The molecule has 0 amide bonds. The fraction of sp³-hybridized carbons (Fsp3) is 0.810. The summed E-state index contributed by atoms with van der Waals surface area (Å²) in [4.78, 5) is 0. The SMILES string of the molecule is NCCCCCCCCCCCCCCCCC1C=CC=C1. The second-order valence-electron chi connectivity index (χ2n) is 6.96. The summed E-state index contributed by atoms with van der Waals surface area (Å²) < 4.78 is 0. The number of hydrogen-bond donors (Lipinski definition) is 1. The Labute approximate surface area is 139 Å². The molecule has 0 saturated carbocycles. The van der Waals surface area contributed by atoms with Crippen molar-refractivity contribution in [3.63, 3.8) is 0 Å². The van der Waals surface area contributed by atoms with Crippen molar-refractivity contribution in [1.82, 2.24) is 0 Å². The van der Waals surface area contributed by atoms with Crippen molar-refractivity contribution in [2.24, 2.45) is 11.7 Å². The molecular formula is C21H39N. The van der Waals surface area contributed by atoms with Gasteiger partial charge in [0.1, 0.15) is 0 Å². The van der Waals surface area contributed by atoms with E-state index in [-0.39, 0.29) is 0 Å². The summed E-state index contributed by atoms with van der Waals surface area (Å²) in [5, 5.41) is 0. The number of allylic oxidation sites excluding steroid dienone is 4. The van der Waals surface area contributed by atoms with Gasteiger partial charge in [-0.25, -0.2) is 0 Å². The lowest BCUT2D eigenvalue weighted by molar-refractivity contribution is 0.525. The Morgan fingerprint density at radius 1 is 0.500 bits per heavy atom. The molecule has 1 nitrogen and oxygen atoms in total. The molecule has 0 fully saturated rings. The molecule has 1 aliphatic carbocycles. The van der Waals surface area contributed by atoms with Crippen molar-refractivity contribution < 1.29 is 0 Å². The third-order valence-corrected chi connectivity index (χ3v) is 4.82. The molecule has 0 spiro atoms. The molecule has 0 unspecified atom stereocenters. The number of unbranched alkanes of at least 4 members (excludes halogenated alkanes) is 13. The van der Waals surface area contributed by atoms with Gasteiger partial charge in [0.15, 0.2) is 0 Å². The van der Waals surface area contributed by atoms with Gasteiger partial charge in [-0.3, -0.25) is 0 Å². The van der Waals surface area contributed by atoms with E-state index in [2.05, 4.69) is 24.3 Å². The molecule has 0 aliphatic heterocycles. The monoisotopic (exact) mass is 305 g/mol. The van der Waals surface area contributed by atoms with Crippen molar-refractivity contribution >= 4 is 0 Å². The van der Waals surface area contributed by atoms with Gasteiger partial charge in [-0.1, -0.05) is 108 Å². The van der Waals surface area contributed by atoms with Gasteiger partial charge < -0.3 is 5.73 Å². The van der Waals surface area contributed by atoms with Gasteiger partial charge in [0.2, 0.25) is 0 Å². The Morgan fingerprint density at radius 2 is 0.864 bits per heavy atom. The van der Waals surface area contributed by atoms with Crippen LogP contribution in [0.1, 0.15) is 96.3 Å². The standard InChI is InChI=1S/C21H39N/c22-20-16-12-10-8-6-4-2-1-3-5-7-9-11-13-17-21-18-14-15-19-21/h14-15,18-19,21H,1-13,16-17,20,22H2. The molecule has 0 saturated heterocycles. The van der Waals surface area contributed by atoms with Gasteiger partial charge >= 0.3 is 0 Å². The molecule has 128 valence electrons. The average molecular weight is 306 g/mol. The summed E-state index contributed by atoms with van der Waals surface area (Å²) in [6.45, 7) is 0.870. The van der Waals surface area contributed by atoms with Crippen LogP contribution >= 0.6 is 0 Å². The second kappa shape index (κ2) is 15.3. The first kappa shape index (κ1) is 19.5. The number of rotatable bonds is 16. The second-order valence-corrected chi connectivity index (χ2v) is 6.96. The molecule has 1 heteroatoms. The Hall–Kier alpha value is -0.560. The van der Waals surface area contributed by atoms with Crippen LogP contribution in [0.15, 0.2) is 24.3 Å². The van der Waals surface area contributed by atoms with Crippen molar-refractivity contribution in [3.05, 3.63) is 24.3 Å². The first-order valence-electron chi connectivity index (χ1n) is 9.98. The van der Waals surface area contributed by atoms with E-state index in [0.29, 0.717) is 0 Å². The van der Waals surface area contributed by atoms with E-state index in [1.165, 1.54) is 96.3 Å². The van der Waals surface area contributed by atoms with Gasteiger partial charge in [-0.15, -0.1) is 0 Å². The van der Waals surface area contributed by atoms with Crippen molar-refractivity contribution in [2.75, 3.05) is 6.54 Å². The summed E-state index contributed by atoms with van der Waals surface area (Å²) in [7, 11) is 0. The van der Waals surface area contributed by atoms with E-state index in [0.717, 1.165) is 12.5 Å². The smallest absolute Gasteiger partial charge is 0.00473 e. The maximum atomic E-state index is 5.50. The summed E-state index contributed by atoms with van der Waals surface area (Å²) in [5.74, 6) is 0.746. The minimum Gasteiger partial charge on any atom is -0.330 e. The lowest BCUT2D eigenvalue weighted by Crippen LogP contribution is -1.97. The summed E-state index contributed by atoms with van der Waals surface area (Å²) >= 11 is 0. The third kappa shape index (κ3) is 12.0. The molecular weight excluding hydrogens is 266 g/mol. The van der Waals surface area contributed by atoms with Gasteiger partial charge in [-0.2, -0.15) is 0 Å². The Balaban J connectivity index is 1.66. The fourth-order valence-corrected chi connectivity index (χ4v) is 3.32. The van der Waals surface area contributed by atoms with Crippen molar-refractivity contribution in [2.45, 2.75) is 96.3 Å². The van der Waals surface area contributed by atoms with Crippen LogP contribution in [0.4, 0.5) is 0 Å². The Kier molecular flexibility index (Phi) is 13.6. The zero-order valence-electron chi connectivity index (χ0n) is 14.8. The van der Waals surface area contributed by atoms with Crippen molar-refractivity contribution in [3.8, 4) is 0 Å². The van der Waals surface area contributed by atoms with Crippen LogP contribution in [0.2, 0.25) is 0 Å². The van der Waals surface area contributed by atoms with E-state index >= 15 is 0 Å². The number of hydrogen-bond acceptors (Lipinski definition) is 1. The lowest BCUT2D eigenvalue weighted by atomic mass is 10.0. The van der Waals surface area contributed by atoms with E-state index in [1.807, 2.05) is 0 Å². The van der Waals surface area contributed by atoms with Crippen molar-refractivity contribution in [1.29, 1.82) is 0 Å². The van der Waals surface area contributed by atoms with E-state index in [9.17, 15) is 0 Å². The van der Waals surface area contributed by atoms with Crippen LogP contribution in [0.3, 0.4) is 0 Å². The number of nitrogens with two attached hydrogens (primary N) is 1. The summed E-state index contributed by atoms with van der Waals surface area (Å²) in [5.41, 5.74) is 5.50. The molecule has 22 heavy (non-hydrogen) atoms. The zero-order valence-corrected chi connectivity index (χ0v) is 14.8. The minimum absolute atomic E-state index is 0.746. The molecule has 0 bridgehead atoms. The third-order valence-electron chi connectivity index (χ3n) is 4.82. The topological polar surface area (TPSA) is 26.0 Å². The quantitative estimate of drug-likeness (QED) is 0.322. The van der Waals surface area contributed by atoms with E-state index < -0.39 is 0 Å². The zero-order chi connectivity index (χ0) is 15.7. The van der Waals surface area contributed by atoms with Gasteiger partial charge in [0.25, 0.3) is 0 Å². The molecule has 2 N–H and O–H groups in total. The van der Waals surface area contributed by atoms with Gasteiger partial charge in [0.05, 0.1) is 0 Å². The Bertz CT molecular complexity index is 268. The molecule has 0 atom stereocenters. The van der Waals surface area contributed by atoms with E-state index in [1.54, 1.807) is 0 Å². The highest BCUT2D eigenvalue weighted by Gasteiger charge is 2.02. The molecule has 0 aromatic rings. The van der Waals surface area contributed by atoms with Crippen LogP contribution in [0.5, 0.6) is 0 Å². The average Bonchev–Trinajstić information content (AvgIpc) is 3.04. The molecule has 0 aromatic carbocycles. The van der Waals surface area contributed by atoms with Crippen LogP contribution < -0.4 is 5.73 Å². The predicted molar refractivity (Wildman–Crippen MR) is 100 cm³/mol. The maximum Gasteiger partial charge on any atom is -0.00473 e. The highest BCUT2D eigenvalue weighted by molar-refractivity contribution is 5.17. The first-order chi connectivity index (χ1) is 10.9. The molecule has 0 radical (unpaired) electrons. The van der Waals surface area contributed by atoms with Gasteiger partial charge in [0, 0.05) is 0 Å². The summed E-state index contributed by atoms with van der Waals surface area (Å²) in [6, 6.07) is 0. The van der Waals surface area contributed by atoms with Crippen LogP contribution in [-0.4, -0.2) is 6.54 Å². The minimum atomic E-state index is 0.746. The lowest BCUT2D eigenvalue weighted by Gasteiger charge is -2.05. The van der Waals surface area contributed by atoms with Gasteiger partial charge in [-0.05, 0) is 25.3 Å². The van der Waals surface area contributed by atoms with Crippen LogP contribution in [-0.2, 0) is 0 Å². The van der Waals surface area contributed by atoms with Crippen LogP contribution in [0, 0.1) is 5.92 Å². The Morgan fingerprint density at radius 3 is 1.27 bits per heavy atom. The van der Waals surface area contributed by atoms with Crippen LogP contribution in [0.25, 0.3) is 0 Å². The van der Waals surface area contributed by atoms with E-state index in [4.69, 9.17) is 5.73 Å². The maximum absolute atomic E-state index is 5.50. The molecule has 0 heterocycles. The molecule has 1 rings (SSSR count).